The number of sulfonamides is 1. The Morgan fingerprint density at radius 3 is 2.46 bits per heavy atom. The van der Waals surface area contributed by atoms with Crippen molar-refractivity contribution in [3.63, 3.8) is 0 Å². The highest BCUT2D eigenvalue weighted by Gasteiger charge is 2.14. The lowest BCUT2D eigenvalue weighted by Gasteiger charge is -2.18. The van der Waals surface area contributed by atoms with Gasteiger partial charge in [-0.3, -0.25) is 4.72 Å². The number of anilines is 1. The summed E-state index contributed by atoms with van der Waals surface area (Å²) in [5.74, 6) is 0. The Morgan fingerprint density at radius 1 is 1.08 bits per heavy atom. The Bertz CT molecular complexity index is 792. The number of benzene rings is 2. The summed E-state index contributed by atoms with van der Waals surface area (Å²) in [5.41, 5.74) is 1.29. The predicted octanol–water partition coefficient (Wildman–Crippen LogP) is 2.65. The van der Waals surface area contributed by atoms with Crippen LogP contribution >= 0.6 is 0 Å². The van der Waals surface area contributed by atoms with Crippen molar-refractivity contribution in [3.05, 3.63) is 60.2 Å². The minimum atomic E-state index is -3.63. The number of nitrogens with one attached hydrogen (secondary N) is 2. The smallest absolute Gasteiger partial charge is 0.317 e. The molecule has 128 valence electrons. The number of hydrogen-bond acceptors (Lipinski definition) is 3. The second-order valence-corrected chi connectivity index (χ2v) is 6.99. The third kappa shape index (κ3) is 4.73. The molecule has 2 amide bonds. The lowest BCUT2D eigenvalue weighted by Crippen LogP contribution is -2.36. The normalized spacial score (nSPS) is 10.9. The van der Waals surface area contributed by atoms with Gasteiger partial charge in [-0.2, -0.15) is 0 Å². The highest BCUT2D eigenvalue weighted by Crippen LogP contribution is 2.17. The van der Waals surface area contributed by atoms with Gasteiger partial charge in [0.15, 0.2) is 0 Å². The van der Waals surface area contributed by atoms with Gasteiger partial charge in [0.2, 0.25) is 0 Å². The molecule has 0 heterocycles. The molecule has 0 bridgehead atoms. The maximum atomic E-state index is 12.3. The van der Waals surface area contributed by atoms with Crippen molar-refractivity contribution in [1.29, 1.82) is 0 Å². The predicted molar refractivity (Wildman–Crippen MR) is 94.2 cm³/mol. The SMILES string of the molecule is CCNC(=O)N(C)Cc1cccc(NS(=O)(=O)c2ccccc2)c1. The summed E-state index contributed by atoms with van der Waals surface area (Å²) in [5, 5.41) is 2.72. The van der Waals surface area contributed by atoms with Crippen molar-refractivity contribution < 1.29 is 13.2 Å². The third-order valence-corrected chi connectivity index (χ3v) is 4.72. The average Bonchev–Trinajstić information content (AvgIpc) is 2.56. The molecule has 0 radical (unpaired) electrons. The number of rotatable bonds is 6. The van der Waals surface area contributed by atoms with Crippen molar-refractivity contribution >= 4 is 21.7 Å². The molecule has 2 N–H and O–H groups in total. The minimum Gasteiger partial charge on any atom is -0.338 e. The van der Waals surface area contributed by atoms with Crippen LogP contribution in [0.1, 0.15) is 12.5 Å². The summed E-state index contributed by atoms with van der Waals surface area (Å²) in [4.78, 5) is 13.5. The van der Waals surface area contributed by atoms with Gasteiger partial charge in [-0.25, -0.2) is 13.2 Å². The number of carbonyl (C=O) groups excluding carboxylic acids is 1. The number of amides is 2. The number of urea groups is 1. The molecule has 2 rings (SSSR count). The van der Waals surface area contributed by atoms with Crippen molar-refractivity contribution in [3.8, 4) is 0 Å². The van der Waals surface area contributed by atoms with Crippen LogP contribution in [0.4, 0.5) is 10.5 Å². The van der Waals surface area contributed by atoms with E-state index in [1.165, 1.54) is 17.0 Å². The van der Waals surface area contributed by atoms with Crippen LogP contribution < -0.4 is 10.0 Å². The molecule has 0 saturated heterocycles. The van der Waals surface area contributed by atoms with Crippen molar-refractivity contribution in [2.24, 2.45) is 0 Å². The molecule has 0 aliphatic heterocycles. The first-order valence-electron chi connectivity index (χ1n) is 7.58. The van der Waals surface area contributed by atoms with Crippen LogP contribution in [0, 0.1) is 0 Å². The summed E-state index contributed by atoms with van der Waals surface area (Å²) >= 11 is 0. The molecule has 0 atom stereocenters. The summed E-state index contributed by atoms with van der Waals surface area (Å²) in [6.07, 6.45) is 0. The topological polar surface area (TPSA) is 78.5 Å². The van der Waals surface area contributed by atoms with E-state index in [0.717, 1.165) is 5.56 Å². The van der Waals surface area contributed by atoms with E-state index in [2.05, 4.69) is 10.0 Å². The Balaban J connectivity index is 2.12. The molecule has 0 aliphatic carbocycles. The second kappa shape index (κ2) is 7.83. The summed E-state index contributed by atoms with van der Waals surface area (Å²) < 4.78 is 27.2. The van der Waals surface area contributed by atoms with Crippen molar-refractivity contribution in [2.75, 3.05) is 18.3 Å². The summed E-state index contributed by atoms with van der Waals surface area (Å²) in [6.45, 7) is 2.79. The van der Waals surface area contributed by atoms with Crippen LogP contribution in [-0.2, 0) is 16.6 Å². The van der Waals surface area contributed by atoms with Gasteiger partial charge in [0.05, 0.1) is 4.90 Å². The van der Waals surface area contributed by atoms with E-state index < -0.39 is 10.0 Å². The number of nitrogens with zero attached hydrogens (tertiary/aromatic N) is 1. The molecule has 0 saturated carbocycles. The molecule has 0 unspecified atom stereocenters. The zero-order valence-corrected chi connectivity index (χ0v) is 14.5. The van der Waals surface area contributed by atoms with Gasteiger partial charge < -0.3 is 10.2 Å². The van der Waals surface area contributed by atoms with Crippen LogP contribution in [0.25, 0.3) is 0 Å². The third-order valence-electron chi connectivity index (χ3n) is 3.33. The molecule has 2 aromatic carbocycles. The minimum absolute atomic E-state index is 0.173. The van der Waals surface area contributed by atoms with E-state index in [9.17, 15) is 13.2 Å². The largest absolute Gasteiger partial charge is 0.338 e. The van der Waals surface area contributed by atoms with Gasteiger partial charge in [-0.1, -0.05) is 30.3 Å². The summed E-state index contributed by atoms with van der Waals surface area (Å²) in [7, 11) is -1.94. The fourth-order valence-corrected chi connectivity index (χ4v) is 3.25. The van der Waals surface area contributed by atoms with E-state index in [1.807, 2.05) is 13.0 Å². The Kier molecular flexibility index (Phi) is 5.81. The molecule has 2 aromatic rings. The van der Waals surface area contributed by atoms with Crippen LogP contribution in [0.15, 0.2) is 59.5 Å². The molecule has 0 aliphatic rings. The van der Waals surface area contributed by atoms with Crippen LogP contribution in [0.2, 0.25) is 0 Å². The highest BCUT2D eigenvalue weighted by atomic mass is 32.2. The Hall–Kier alpha value is -2.54. The standard InChI is InChI=1S/C17H21N3O3S/c1-3-18-17(21)20(2)13-14-8-7-9-15(12-14)19-24(22,23)16-10-5-4-6-11-16/h4-12,19H,3,13H2,1-2H3,(H,18,21). The van der Waals surface area contributed by atoms with Crippen LogP contribution in [-0.4, -0.2) is 32.9 Å². The summed E-state index contributed by atoms with van der Waals surface area (Å²) in [6, 6.07) is 15.0. The zero-order chi connectivity index (χ0) is 17.6. The zero-order valence-electron chi connectivity index (χ0n) is 13.7. The maximum absolute atomic E-state index is 12.3. The van der Waals surface area contributed by atoms with Crippen LogP contribution in [0.3, 0.4) is 0 Å². The molecule has 0 spiro atoms. The highest BCUT2D eigenvalue weighted by molar-refractivity contribution is 7.92. The van der Waals surface area contributed by atoms with Crippen molar-refractivity contribution in [1.82, 2.24) is 10.2 Å². The van der Waals surface area contributed by atoms with E-state index in [0.29, 0.717) is 18.8 Å². The average molecular weight is 347 g/mol. The lowest BCUT2D eigenvalue weighted by atomic mass is 10.2. The first-order chi connectivity index (χ1) is 11.4. The molecular weight excluding hydrogens is 326 g/mol. The van der Waals surface area contributed by atoms with E-state index in [4.69, 9.17) is 0 Å². The molecule has 6 nitrogen and oxygen atoms in total. The van der Waals surface area contributed by atoms with Crippen LogP contribution in [0.5, 0.6) is 0 Å². The number of hydrogen-bond donors (Lipinski definition) is 2. The number of carbonyl (C=O) groups is 1. The van der Waals surface area contributed by atoms with Gasteiger partial charge in [0.25, 0.3) is 10.0 Å². The molecule has 7 heteroatoms. The second-order valence-electron chi connectivity index (χ2n) is 5.31. The quantitative estimate of drug-likeness (QED) is 0.843. The Labute approximate surface area is 142 Å². The maximum Gasteiger partial charge on any atom is 0.317 e. The molecule has 0 aromatic heterocycles. The van der Waals surface area contributed by atoms with Crippen molar-refractivity contribution in [2.45, 2.75) is 18.4 Å². The first-order valence-corrected chi connectivity index (χ1v) is 9.06. The van der Waals surface area contributed by atoms with Gasteiger partial charge in [-0.15, -0.1) is 0 Å². The van der Waals surface area contributed by atoms with Gasteiger partial charge in [-0.05, 0) is 36.8 Å². The van der Waals surface area contributed by atoms with E-state index in [-0.39, 0.29) is 10.9 Å². The van der Waals surface area contributed by atoms with E-state index >= 15 is 0 Å². The molecule has 0 fully saturated rings. The van der Waals surface area contributed by atoms with Gasteiger partial charge >= 0.3 is 6.03 Å². The lowest BCUT2D eigenvalue weighted by molar-refractivity contribution is 0.207. The molecule has 24 heavy (non-hydrogen) atoms. The van der Waals surface area contributed by atoms with Gasteiger partial charge in [0.1, 0.15) is 0 Å². The van der Waals surface area contributed by atoms with Gasteiger partial charge in [0, 0.05) is 25.8 Å². The first kappa shape index (κ1) is 17.8. The Morgan fingerprint density at radius 2 is 1.79 bits per heavy atom. The van der Waals surface area contributed by atoms with E-state index in [1.54, 1.807) is 43.4 Å². The fourth-order valence-electron chi connectivity index (χ4n) is 2.18. The molecular formula is C17H21N3O3S. The monoisotopic (exact) mass is 347 g/mol. The fraction of sp³-hybridized carbons (Fsp3) is 0.235.